The molecule has 2 rings (SSSR count). The molecule has 96 valence electrons. The Morgan fingerprint density at radius 3 is 2.67 bits per heavy atom. The standard InChI is InChI=1S/C12H12ClF2N3/c1-7-3-9(15)10(4-8(7)14)16-6-12-17-5-11(13)18(12)2/h3-5,16H,6H2,1-2H3. The van der Waals surface area contributed by atoms with E-state index in [1.807, 2.05) is 0 Å². The predicted octanol–water partition coefficient (Wildman–Crippen LogP) is 3.27. The number of benzene rings is 1. The Bertz CT molecular complexity index is 581. The zero-order chi connectivity index (χ0) is 13.3. The van der Waals surface area contributed by atoms with E-state index in [2.05, 4.69) is 10.3 Å². The van der Waals surface area contributed by atoms with Gasteiger partial charge in [-0.25, -0.2) is 13.8 Å². The maximum Gasteiger partial charge on any atom is 0.146 e. The van der Waals surface area contributed by atoms with Gasteiger partial charge in [0.1, 0.15) is 22.6 Å². The van der Waals surface area contributed by atoms with Crippen molar-refractivity contribution in [1.82, 2.24) is 9.55 Å². The lowest BCUT2D eigenvalue weighted by molar-refractivity contribution is 0.594. The second-order valence-electron chi connectivity index (χ2n) is 3.99. The predicted molar refractivity (Wildman–Crippen MR) is 66.6 cm³/mol. The van der Waals surface area contributed by atoms with Crippen LogP contribution < -0.4 is 5.32 Å². The first-order chi connectivity index (χ1) is 8.49. The number of rotatable bonds is 3. The molecule has 0 aliphatic carbocycles. The number of nitrogens with one attached hydrogen (secondary N) is 1. The van der Waals surface area contributed by atoms with Crippen molar-refractivity contribution in [3.63, 3.8) is 0 Å². The molecule has 1 N–H and O–H groups in total. The maximum atomic E-state index is 13.6. The molecule has 0 aliphatic heterocycles. The highest BCUT2D eigenvalue weighted by atomic mass is 35.5. The van der Waals surface area contributed by atoms with Gasteiger partial charge in [0.05, 0.1) is 18.4 Å². The van der Waals surface area contributed by atoms with Gasteiger partial charge in [0.15, 0.2) is 0 Å². The monoisotopic (exact) mass is 271 g/mol. The quantitative estimate of drug-likeness (QED) is 0.928. The van der Waals surface area contributed by atoms with Gasteiger partial charge in [0.2, 0.25) is 0 Å². The smallest absolute Gasteiger partial charge is 0.146 e. The highest BCUT2D eigenvalue weighted by molar-refractivity contribution is 6.29. The minimum absolute atomic E-state index is 0.109. The van der Waals surface area contributed by atoms with Crippen molar-refractivity contribution < 1.29 is 8.78 Å². The first-order valence-electron chi connectivity index (χ1n) is 5.34. The summed E-state index contributed by atoms with van der Waals surface area (Å²) in [6.45, 7) is 1.78. The minimum Gasteiger partial charge on any atom is -0.375 e. The molecule has 0 radical (unpaired) electrons. The number of aromatic nitrogens is 2. The van der Waals surface area contributed by atoms with Gasteiger partial charge in [0, 0.05) is 13.1 Å². The van der Waals surface area contributed by atoms with E-state index in [4.69, 9.17) is 11.6 Å². The summed E-state index contributed by atoms with van der Waals surface area (Å²) in [5.74, 6) is -0.300. The summed E-state index contributed by atoms with van der Waals surface area (Å²) in [6.07, 6.45) is 1.50. The van der Waals surface area contributed by atoms with Gasteiger partial charge < -0.3 is 9.88 Å². The average Bonchev–Trinajstić information content (AvgIpc) is 2.63. The number of imidazole rings is 1. The first kappa shape index (κ1) is 12.8. The van der Waals surface area contributed by atoms with Crippen LogP contribution in [0, 0.1) is 18.6 Å². The van der Waals surface area contributed by atoms with Gasteiger partial charge in [-0.1, -0.05) is 11.6 Å². The number of hydrogen-bond acceptors (Lipinski definition) is 2. The highest BCUT2D eigenvalue weighted by Crippen LogP contribution is 2.19. The van der Waals surface area contributed by atoms with Crippen LogP contribution >= 0.6 is 11.6 Å². The van der Waals surface area contributed by atoms with Crippen LogP contribution in [0.15, 0.2) is 18.3 Å². The number of hydrogen-bond donors (Lipinski definition) is 1. The molecule has 3 nitrogen and oxygen atoms in total. The van der Waals surface area contributed by atoms with Crippen molar-refractivity contribution in [2.75, 3.05) is 5.32 Å². The average molecular weight is 272 g/mol. The zero-order valence-electron chi connectivity index (χ0n) is 9.97. The number of anilines is 1. The maximum absolute atomic E-state index is 13.6. The van der Waals surface area contributed by atoms with Crippen LogP contribution in [-0.4, -0.2) is 9.55 Å². The number of aryl methyl sites for hydroxylation is 1. The van der Waals surface area contributed by atoms with Gasteiger partial charge in [-0.3, -0.25) is 0 Å². The Morgan fingerprint density at radius 2 is 2.06 bits per heavy atom. The van der Waals surface area contributed by atoms with E-state index in [0.717, 1.165) is 12.1 Å². The fourth-order valence-corrected chi connectivity index (χ4v) is 1.69. The van der Waals surface area contributed by atoms with Crippen molar-refractivity contribution in [1.29, 1.82) is 0 Å². The number of halogens is 3. The Balaban J connectivity index is 2.16. The van der Waals surface area contributed by atoms with Crippen LogP contribution in [-0.2, 0) is 13.6 Å². The van der Waals surface area contributed by atoms with Gasteiger partial charge in [-0.05, 0) is 18.6 Å². The van der Waals surface area contributed by atoms with Crippen molar-refractivity contribution in [3.05, 3.63) is 46.5 Å². The van der Waals surface area contributed by atoms with E-state index in [1.165, 1.54) is 13.1 Å². The van der Waals surface area contributed by atoms with E-state index in [0.29, 0.717) is 11.0 Å². The van der Waals surface area contributed by atoms with E-state index >= 15 is 0 Å². The van der Waals surface area contributed by atoms with Crippen molar-refractivity contribution in [3.8, 4) is 0 Å². The lowest BCUT2D eigenvalue weighted by Gasteiger charge is -2.09. The summed E-state index contributed by atoms with van der Waals surface area (Å²) in [4.78, 5) is 4.05. The van der Waals surface area contributed by atoms with Crippen LogP contribution in [0.5, 0.6) is 0 Å². The molecule has 1 heterocycles. The largest absolute Gasteiger partial charge is 0.375 e. The SMILES string of the molecule is Cc1cc(F)c(NCc2ncc(Cl)n2C)cc1F. The molecule has 0 amide bonds. The molecule has 0 atom stereocenters. The van der Waals surface area contributed by atoms with E-state index in [1.54, 1.807) is 11.6 Å². The minimum atomic E-state index is -0.491. The van der Waals surface area contributed by atoms with Crippen LogP contribution in [0.3, 0.4) is 0 Å². The number of nitrogens with zero attached hydrogens (tertiary/aromatic N) is 2. The topological polar surface area (TPSA) is 29.9 Å². The molecule has 0 fully saturated rings. The molecule has 0 spiro atoms. The highest BCUT2D eigenvalue weighted by Gasteiger charge is 2.09. The molecular formula is C12H12ClF2N3. The van der Waals surface area contributed by atoms with Gasteiger partial charge >= 0.3 is 0 Å². The van der Waals surface area contributed by atoms with E-state index in [9.17, 15) is 8.78 Å². The molecule has 0 aliphatic rings. The molecule has 6 heteroatoms. The van der Waals surface area contributed by atoms with Crippen molar-refractivity contribution in [2.24, 2.45) is 7.05 Å². The van der Waals surface area contributed by atoms with Crippen LogP contribution in [0.25, 0.3) is 0 Å². The normalized spacial score (nSPS) is 10.7. The second-order valence-corrected chi connectivity index (χ2v) is 4.38. The Hall–Kier alpha value is -1.62. The molecule has 0 saturated carbocycles. The fourth-order valence-electron chi connectivity index (χ4n) is 1.54. The third kappa shape index (κ3) is 2.46. The molecule has 1 aromatic heterocycles. The molecule has 0 unspecified atom stereocenters. The summed E-state index contributed by atoms with van der Waals surface area (Å²) in [7, 11) is 1.75. The summed E-state index contributed by atoms with van der Waals surface area (Å²) < 4.78 is 28.5. The summed E-state index contributed by atoms with van der Waals surface area (Å²) in [5, 5.41) is 3.28. The van der Waals surface area contributed by atoms with Gasteiger partial charge in [-0.2, -0.15) is 0 Å². The lowest BCUT2D eigenvalue weighted by atomic mass is 10.2. The molecule has 0 saturated heterocycles. The van der Waals surface area contributed by atoms with Crippen LogP contribution in [0.2, 0.25) is 5.15 Å². The first-order valence-corrected chi connectivity index (χ1v) is 5.72. The van der Waals surface area contributed by atoms with Crippen LogP contribution in [0.1, 0.15) is 11.4 Å². The summed E-state index contributed by atoms with van der Waals surface area (Å²) in [5.41, 5.74) is 0.385. The Kier molecular flexibility index (Phi) is 3.52. The Labute approximate surface area is 108 Å². The fraction of sp³-hybridized carbons (Fsp3) is 0.250. The van der Waals surface area contributed by atoms with Crippen LogP contribution in [0.4, 0.5) is 14.5 Å². The van der Waals surface area contributed by atoms with Gasteiger partial charge in [0.25, 0.3) is 0 Å². The third-order valence-electron chi connectivity index (χ3n) is 2.71. The molecule has 18 heavy (non-hydrogen) atoms. The zero-order valence-corrected chi connectivity index (χ0v) is 10.7. The van der Waals surface area contributed by atoms with Gasteiger partial charge in [-0.15, -0.1) is 0 Å². The van der Waals surface area contributed by atoms with E-state index < -0.39 is 11.6 Å². The molecule has 1 aromatic carbocycles. The second kappa shape index (κ2) is 4.94. The van der Waals surface area contributed by atoms with E-state index in [-0.39, 0.29) is 17.8 Å². The van der Waals surface area contributed by atoms with Crippen molar-refractivity contribution in [2.45, 2.75) is 13.5 Å². The summed E-state index contributed by atoms with van der Waals surface area (Å²) in [6, 6.07) is 2.29. The summed E-state index contributed by atoms with van der Waals surface area (Å²) >= 11 is 5.83. The molecule has 2 aromatic rings. The third-order valence-corrected chi connectivity index (χ3v) is 3.06. The lowest BCUT2D eigenvalue weighted by Crippen LogP contribution is -2.07. The van der Waals surface area contributed by atoms with Crippen molar-refractivity contribution >= 4 is 17.3 Å². The Morgan fingerprint density at radius 1 is 1.33 bits per heavy atom. The molecule has 0 bridgehead atoms. The molecular weight excluding hydrogens is 260 g/mol.